The molecule has 1 heterocycles. The first-order chi connectivity index (χ1) is 7.31. The summed E-state index contributed by atoms with van der Waals surface area (Å²) in [7, 11) is 0. The zero-order chi connectivity index (χ0) is 10.7. The second-order valence-electron chi connectivity index (χ2n) is 3.28. The summed E-state index contributed by atoms with van der Waals surface area (Å²) in [6.45, 7) is 0.718. The van der Waals surface area contributed by atoms with Crippen LogP contribution in [0.1, 0.15) is 4.88 Å². The third-order valence-electron chi connectivity index (χ3n) is 2.19. The van der Waals surface area contributed by atoms with Gasteiger partial charge in [0.15, 0.2) is 0 Å². The van der Waals surface area contributed by atoms with E-state index in [2.05, 4.69) is 46.3 Å². The van der Waals surface area contributed by atoms with Crippen molar-refractivity contribution in [3.8, 4) is 10.4 Å². The second-order valence-corrected chi connectivity index (χ2v) is 5.31. The first kappa shape index (κ1) is 10.9. The SMILES string of the molecule is NCCc1ccc(-c2ccccc2Br)s1. The van der Waals surface area contributed by atoms with Crippen molar-refractivity contribution < 1.29 is 0 Å². The highest BCUT2D eigenvalue weighted by atomic mass is 79.9. The first-order valence-corrected chi connectivity index (χ1v) is 6.46. The summed E-state index contributed by atoms with van der Waals surface area (Å²) in [6, 6.07) is 12.6. The standard InChI is InChI=1S/C12H12BrNS/c13-11-4-2-1-3-10(11)12-6-5-9(15-12)7-8-14/h1-6H,7-8,14H2. The molecule has 2 N–H and O–H groups in total. The van der Waals surface area contributed by atoms with Crippen LogP contribution < -0.4 is 5.73 Å². The van der Waals surface area contributed by atoms with Crippen molar-refractivity contribution in [3.63, 3.8) is 0 Å². The molecule has 0 saturated heterocycles. The Morgan fingerprint density at radius 3 is 2.67 bits per heavy atom. The van der Waals surface area contributed by atoms with Crippen LogP contribution in [0.5, 0.6) is 0 Å². The van der Waals surface area contributed by atoms with Crippen LogP contribution in [0.15, 0.2) is 40.9 Å². The summed E-state index contributed by atoms with van der Waals surface area (Å²) >= 11 is 5.38. The number of hydrogen-bond donors (Lipinski definition) is 1. The van der Waals surface area contributed by atoms with Gasteiger partial charge in [0.25, 0.3) is 0 Å². The molecule has 0 radical (unpaired) electrons. The number of hydrogen-bond acceptors (Lipinski definition) is 2. The van der Waals surface area contributed by atoms with Gasteiger partial charge in [0.05, 0.1) is 0 Å². The van der Waals surface area contributed by atoms with Gasteiger partial charge in [0.2, 0.25) is 0 Å². The molecule has 0 aliphatic heterocycles. The molecule has 0 unspecified atom stereocenters. The number of nitrogens with two attached hydrogens (primary N) is 1. The maximum absolute atomic E-state index is 5.54. The van der Waals surface area contributed by atoms with E-state index in [1.807, 2.05) is 17.4 Å². The zero-order valence-corrected chi connectivity index (χ0v) is 10.6. The molecule has 0 aliphatic carbocycles. The van der Waals surface area contributed by atoms with E-state index in [1.165, 1.54) is 15.3 Å². The molecule has 0 spiro atoms. The average Bonchev–Trinajstić information content (AvgIpc) is 2.68. The second kappa shape index (κ2) is 4.92. The summed E-state index contributed by atoms with van der Waals surface area (Å²) in [5, 5.41) is 0. The maximum Gasteiger partial charge on any atom is 0.0356 e. The monoisotopic (exact) mass is 281 g/mol. The highest BCUT2D eigenvalue weighted by molar-refractivity contribution is 9.10. The molecule has 0 fully saturated rings. The van der Waals surface area contributed by atoms with E-state index in [0.29, 0.717) is 0 Å². The van der Waals surface area contributed by atoms with Gasteiger partial charge in [0, 0.05) is 19.8 Å². The molecule has 2 rings (SSSR count). The van der Waals surface area contributed by atoms with E-state index in [1.54, 1.807) is 0 Å². The lowest BCUT2D eigenvalue weighted by Crippen LogP contribution is -2.00. The van der Waals surface area contributed by atoms with Gasteiger partial charge in [-0.15, -0.1) is 11.3 Å². The molecule has 0 amide bonds. The van der Waals surface area contributed by atoms with Gasteiger partial charge in [-0.05, 0) is 31.2 Å². The van der Waals surface area contributed by atoms with Crippen LogP contribution in [0.2, 0.25) is 0 Å². The van der Waals surface area contributed by atoms with Crippen molar-refractivity contribution in [2.75, 3.05) is 6.54 Å². The molecule has 2 aromatic rings. The van der Waals surface area contributed by atoms with Crippen molar-refractivity contribution in [1.82, 2.24) is 0 Å². The lowest BCUT2D eigenvalue weighted by atomic mass is 10.2. The molecule has 78 valence electrons. The van der Waals surface area contributed by atoms with Crippen LogP contribution in [0.4, 0.5) is 0 Å². The minimum absolute atomic E-state index is 0.718. The minimum Gasteiger partial charge on any atom is -0.330 e. The van der Waals surface area contributed by atoms with Gasteiger partial charge in [0.1, 0.15) is 0 Å². The third-order valence-corrected chi connectivity index (χ3v) is 4.06. The third kappa shape index (κ3) is 2.48. The highest BCUT2D eigenvalue weighted by Crippen LogP contribution is 2.33. The molecule has 0 atom stereocenters. The fourth-order valence-corrected chi connectivity index (χ4v) is 3.15. The number of benzene rings is 1. The normalized spacial score (nSPS) is 10.5. The van der Waals surface area contributed by atoms with E-state index in [9.17, 15) is 0 Å². The van der Waals surface area contributed by atoms with Crippen molar-refractivity contribution in [2.24, 2.45) is 5.73 Å². The number of thiophene rings is 1. The topological polar surface area (TPSA) is 26.0 Å². The maximum atomic E-state index is 5.54. The quantitative estimate of drug-likeness (QED) is 0.913. The van der Waals surface area contributed by atoms with E-state index < -0.39 is 0 Å². The van der Waals surface area contributed by atoms with Crippen LogP contribution >= 0.6 is 27.3 Å². The Balaban J connectivity index is 2.33. The van der Waals surface area contributed by atoms with Gasteiger partial charge in [-0.1, -0.05) is 34.1 Å². The number of halogens is 1. The molecule has 0 aliphatic rings. The molecule has 0 saturated carbocycles. The fraction of sp³-hybridized carbons (Fsp3) is 0.167. The molecule has 3 heteroatoms. The van der Waals surface area contributed by atoms with E-state index in [-0.39, 0.29) is 0 Å². The molecular formula is C12H12BrNS. The van der Waals surface area contributed by atoms with Crippen molar-refractivity contribution >= 4 is 27.3 Å². The Hall–Kier alpha value is -0.640. The van der Waals surface area contributed by atoms with Crippen LogP contribution in [-0.2, 0) is 6.42 Å². The summed E-state index contributed by atoms with van der Waals surface area (Å²) in [4.78, 5) is 2.65. The lowest BCUT2D eigenvalue weighted by molar-refractivity contribution is 0.989. The summed E-state index contributed by atoms with van der Waals surface area (Å²) in [6.07, 6.45) is 0.967. The van der Waals surface area contributed by atoms with Gasteiger partial charge < -0.3 is 5.73 Å². The minimum atomic E-state index is 0.718. The Kier molecular flexibility index (Phi) is 3.57. The molecule has 15 heavy (non-hydrogen) atoms. The Labute approximate surface area is 102 Å². The average molecular weight is 282 g/mol. The largest absolute Gasteiger partial charge is 0.330 e. The van der Waals surface area contributed by atoms with Crippen molar-refractivity contribution in [1.29, 1.82) is 0 Å². The molecule has 1 nitrogen and oxygen atoms in total. The summed E-state index contributed by atoms with van der Waals surface area (Å²) < 4.78 is 1.14. The first-order valence-electron chi connectivity index (χ1n) is 4.85. The van der Waals surface area contributed by atoms with Gasteiger partial charge in [-0.25, -0.2) is 0 Å². The lowest BCUT2D eigenvalue weighted by Gasteiger charge is -1.99. The molecule has 0 bridgehead atoms. The van der Waals surface area contributed by atoms with Crippen LogP contribution in [0.3, 0.4) is 0 Å². The Bertz CT molecular complexity index is 450. The van der Waals surface area contributed by atoms with Crippen LogP contribution in [0, 0.1) is 0 Å². The Morgan fingerprint density at radius 1 is 1.13 bits per heavy atom. The van der Waals surface area contributed by atoms with Gasteiger partial charge in [-0.3, -0.25) is 0 Å². The van der Waals surface area contributed by atoms with Crippen LogP contribution in [-0.4, -0.2) is 6.54 Å². The highest BCUT2D eigenvalue weighted by Gasteiger charge is 2.05. The van der Waals surface area contributed by atoms with Gasteiger partial charge >= 0.3 is 0 Å². The summed E-state index contributed by atoms with van der Waals surface area (Å²) in [5.41, 5.74) is 6.79. The molecular weight excluding hydrogens is 270 g/mol. The fourth-order valence-electron chi connectivity index (χ4n) is 1.46. The van der Waals surface area contributed by atoms with E-state index >= 15 is 0 Å². The van der Waals surface area contributed by atoms with Crippen molar-refractivity contribution in [3.05, 3.63) is 45.7 Å². The van der Waals surface area contributed by atoms with Gasteiger partial charge in [-0.2, -0.15) is 0 Å². The molecule has 1 aromatic carbocycles. The van der Waals surface area contributed by atoms with E-state index in [0.717, 1.165) is 17.4 Å². The van der Waals surface area contributed by atoms with E-state index in [4.69, 9.17) is 5.73 Å². The predicted octanol–water partition coefficient (Wildman–Crippen LogP) is 3.68. The summed E-state index contributed by atoms with van der Waals surface area (Å²) in [5.74, 6) is 0. The Morgan fingerprint density at radius 2 is 1.93 bits per heavy atom. The number of rotatable bonds is 3. The predicted molar refractivity (Wildman–Crippen MR) is 70.2 cm³/mol. The van der Waals surface area contributed by atoms with Crippen LogP contribution in [0.25, 0.3) is 10.4 Å². The van der Waals surface area contributed by atoms with Crippen molar-refractivity contribution in [2.45, 2.75) is 6.42 Å². The smallest absolute Gasteiger partial charge is 0.0356 e. The zero-order valence-electron chi connectivity index (χ0n) is 8.24. The molecule has 1 aromatic heterocycles.